The second kappa shape index (κ2) is 7.40. The van der Waals surface area contributed by atoms with Gasteiger partial charge in [0.1, 0.15) is 5.82 Å². The van der Waals surface area contributed by atoms with Crippen LogP contribution in [0.5, 0.6) is 0 Å². The second-order valence-electron chi connectivity index (χ2n) is 5.39. The summed E-state index contributed by atoms with van der Waals surface area (Å²) in [5, 5.41) is 4.16. The summed E-state index contributed by atoms with van der Waals surface area (Å²) in [4.78, 5) is 12.4. The number of halogens is 1. The first-order valence-corrected chi connectivity index (χ1v) is 7.86. The summed E-state index contributed by atoms with van der Waals surface area (Å²) in [5.41, 5.74) is 8.09. The molecule has 0 saturated heterocycles. The number of anilines is 2. The minimum absolute atomic E-state index is 0.242. The molecular weight excluding hydrogens is 298 g/mol. The van der Waals surface area contributed by atoms with E-state index < -0.39 is 0 Å². The lowest BCUT2D eigenvalue weighted by molar-refractivity contribution is 0.626. The number of nitrogens with one attached hydrogen (secondary N) is 1. The average molecular weight is 320 g/mol. The van der Waals surface area contributed by atoms with E-state index in [1.807, 2.05) is 12.1 Å². The van der Waals surface area contributed by atoms with Crippen LogP contribution in [-0.2, 0) is 6.42 Å². The summed E-state index contributed by atoms with van der Waals surface area (Å²) >= 11 is 6.29. The van der Waals surface area contributed by atoms with Crippen molar-refractivity contribution >= 4 is 23.5 Å². The van der Waals surface area contributed by atoms with E-state index in [4.69, 9.17) is 17.3 Å². The molecule has 0 amide bonds. The van der Waals surface area contributed by atoms with Crippen molar-refractivity contribution < 1.29 is 0 Å². The predicted molar refractivity (Wildman–Crippen MR) is 91.2 cm³/mol. The van der Waals surface area contributed by atoms with E-state index in [1.54, 1.807) is 6.92 Å². The van der Waals surface area contributed by atoms with Gasteiger partial charge >= 0.3 is 0 Å². The minimum Gasteiger partial charge on any atom is -0.368 e. The molecule has 1 unspecified atom stereocenters. The Hall–Kier alpha value is -1.88. The van der Waals surface area contributed by atoms with E-state index in [1.165, 1.54) is 11.1 Å². The molecule has 6 heteroatoms. The number of hydrogen-bond donors (Lipinski definition) is 2. The van der Waals surface area contributed by atoms with Crippen molar-refractivity contribution in [3.05, 3.63) is 40.2 Å². The highest BCUT2D eigenvalue weighted by molar-refractivity contribution is 6.31. The maximum Gasteiger partial charge on any atom is 0.227 e. The van der Waals surface area contributed by atoms with Gasteiger partial charge in [0.25, 0.3) is 0 Å². The topological polar surface area (TPSA) is 76.7 Å². The van der Waals surface area contributed by atoms with E-state index in [9.17, 15) is 0 Å². The molecule has 0 fully saturated rings. The van der Waals surface area contributed by atoms with Gasteiger partial charge in [-0.2, -0.15) is 15.0 Å². The van der Waals surface area contributed by atoms with Crippen molar-refractivity contribution in [1.29, 1.82) is 0 Å². The highest BCUT2D eigenvalue weighted by Crippen LogP contribution is 2.22. The molecule has 1 atom stereocenters. The van der Waals surface area contributed by atoms with E-state index in [2.05, 4.69) is 40.2 Å². The van der Waals surface area contributed by atoms with Crippen LogP contribution in [-0.4, -0.2) is 21.0 Å². The van der Waals surface area contributed by atoms with Crippen LogP contribution in [0.2, 0.25) is 5.02 Å². The van der Waals surface area contributed by atoms with E-state index in [0.29, 0.717) is 11.8 Å². The Morgan fingerprint density at radius 1 is 1.23 bits per heavy atom. The number of aryl methyl sites for hydroxylation is 2. The van der Waals surface area contributed by atoms with Crippen molar-refractivity contribution in [2.75, 3.05) is 11.1 Å². The monoisotopic (exact) mass is 319 g/mol. The third-order valence-corrected chi connectivity index (χ3v) is 4.04. The van der Waals surface area contributed by atoms with Crippen LogP contribution in [0.4, 0.5) is 11.9 Å². The number of nitrogens with two attached hydrogens (primary N) is 1. The van der Waals surface area contributed by atoms with Gasteiger partial charge in [-0.1, -0.05) is 30.7 Å². The zero-order chi connectivity index (χ0) is 16.1. The molecule has 0 radical (unpaired) electrons. The molecule has 3 N–H and O–H groups in total. The third-order valence-electron chi connectivity index (χ3n) is 3.69. The molecule has 22 heavy (non-hydrogen) atoms. The normalized spacial score (nSPS) is 12.2. The summed E-state index contributed by atoms with van der Waals surface area (Å²) in [7, 11) is 0. The number of benzene rings is 1. The van der Waals surface area contributed by atoms with E-state index >= 15 is 0 Å². The van der Waals surface area contributed by atoms with Crippen LogP contribution in [0.25, 0.3) is 0 Å². The number of nitrogen functional groups attached to an aromatic ring is 1. The lowest BCUT2D eigenvalue weighted by atomic mass is 10.00. The molecule has 0 saturated carbocycles. The van der Waals surface area contributed by atoms with Gasteiger partial charge in [0.05, 0.1) is 0 Å². The highest BCUT2D eigenvalue weighted by atomic mass is 35.5. The fourth-order valence-corrected chi connectivity index (χ4v) is 2.75. The Kier molecular flexibility index (Phi) is 5.55. The maximum atomic E-state index is 6.29. The van der Waals surface area contributed by atoms with Crippen LogP contribution in [0, 0.1) is 13.8 Å². The van der Waals surface area contributed by atoms with Crippen LogP contribution < -0.4 is 11.1 Å². The van der Waals surface area contributed by atoms with Gasteiger partial charge in [-0.3, -0.25) is 0 Å². The standard InChI is InChI=1S/C16H22ClN5/c1-4-12(21-16-20-11(3)19-15(18)22-16)8-9-13-10(2)6-5-7-14(13)17/h5-7,12H,4,8-9H2,1-3H3,(H3,18,19,20,21,22). The maximum absolute atomic E-state index is 6.29. The second-order valence-corrected chi connectivity index (χ2v) is 5.80. The molecule has 0 bridgehead atoms. The molecule has 0 aliphatic heterocycles. The smallest absolute Gasteiger partial charge is 0.227 e. The van der Waals surface area contributed by atoms with Crippen molar-refractivity contribution in [2.24, 2.45) is 0 Å². The Balaban J connectivity index is 2.03. The molecule has 1 aromatic heterocycles. The van der Waals surface area contributed by atoms with Crippen molar-refractivity contribution in [1.82, 2.24) is 15.0 Å². The van der Waals surface area contributed by atoms with Gasteiger partial charge in [-0.15, -0.1) is 0 Å². The fraction of sp³-hybridized carbons (Fsp3) is 0.438. The fourth-order valence-electron chi connectivity index (χ4n) is 2.43. The zero-order valence-electron chi connectivity index (χ0n) is 13.2. The number of rotatable bonds is 6. The zero-order valence-corrected chi connectivity index (χ0v) is 14.0. The average Bonchev–Trinajstić information content (AvgIpc) is 2.44. The Labute approximate surface area is 136 Å². The van der Waals surface area contributed by atoms with Gasteiger partial charge in [-0.25, -0.2) is 0 Å². The van der Waals surface area contributed by atoms with Gasteiger partial charge in [0.15, 0.2) is 0 Å². The van der Waals surface area contributed by atoms with Crippen molar-refractivity contribution in [2.45, 2.75) is 46.1 Å². The van der Waals surface area contributed by atoms with E-state index in [-0.39, 0.29) is 12.0 Å². The van der Waals surface area contributed by atoms with Gasteiger partial charge in [0, 0.05) is 11.1 Å². The molecule has 118 valence electrons. The largest absolute Gasteiger partial charge is 0.368 e. The molecule has 5 nitrogen and oxygen atoms in total. The predicted octanol–water partition coefficient (Wildman–Crippen LogP) is 3.55. The Morgan fingerprint density at radius 3 is 2.64 bits per heavy atom. The highest BCUT2D eigenvalue weighted by Gasteiger charge is 2.12. The van der Waals surface area contributed by atoms with Crippen molar-refractivity contribution in [3.8, 4) is 0 Å². The third kappa shape index (κ3) is 4.31. The summed E-state index contributed by atoms with van der Waals surface area (Å²) in [6, 6.07) is 6.27. The first kappa shape index (κ1) is 16.5. The molecule has 2 rings (SSSR count). The summed E-state index contributed by atoms with van der Waals surface area (Å²) in [6.45, 7) is 6.03. The van der Waals surface area contributed by atoms with E-state index in [0.717, 1.165) is 24.3 Å². The van der Waals surface area contributed by atoms with Gasteiger partial charge in [-0.05, 0) is 50.3 Å². The first-order valence-electron chi connectivity index (χ1n) is 7.48. The van der Waals surface area contributed by atoms with Crippen LogP contribution in [0.1, 0.15) is 36.7 Å². The Morgan fingerprint density at radius 2 is 2.00 bits per heavy atom. The van der Waals surface area contributed by atoms with Crippen molar-refractivity contribution in [3.63, 3.8) is 0 Å². The first-order chi connectivity index (χ1) is 10.5. The molecule has 0 aliphatic carbocycles. The molecular formula is C16H22ClN5. The van der Waals surface area contributed by atoms with Crippen LogP contribution in [0.3, 0.4) is 0 Å². The lowest BCUT2D eigenvalue weighted by Crippen LogP contribution is -2.22. The van der Waals surface area contributed by atoms with Crippen LogP contribution in [0.15, 0.2) is 18.2 Å². The molecule has 1 aromatic carbocycles. The number of aromatic nitrogens is 3. The quantitative estimate of drug-likeness (QED) is 0.851. The molecule has 2 aromatic rings. The number of hydrogen-bond acceptors (Lipinski definition) is 5. The minimum atomic E-state index is 0.242. The molecule has 1 heterocycles. The summed E-state index contributed by atoms with van der Waals surface area (Å²) in [5.74, 6) is 1.39. The molecule has 0 aliphatic rings. The van der Waals surface area contributed by atoms with Gasteiger partial charge < -0.3 is 11.1 Å². The Bertz CT molecular complexity index is 604. The summed E-state index contributed by atoms with van der Waals surface area (Å²) in [6.07, 6.45) is 2.83. The SMILES string of the molecule is CCC(CCc1c(C)cccc1Cl)Nc1nc(C)nc(N)n1. The van der Waals surface area contributed by atoms with Crippen LogP contribution >= 0.6 is 11.6 Å². The molecule has 0 spiro atoms. The lowest BCUT2D eigenvalue weighted by Gasteiger charge is -2.18. The summed E-state index contributed by atoms with van der Waals surface area (Å²) < 4.78 is 0. The van der Waals surface area contributed by atoms with Gasteiger partial charge in [0.2, 0.25) is 11.9 Å². The number of nitrogens with zero attached hydrogens (tertiary/aromatic N) is 3.